The molecule has 0 aromatic rings. The van der Waals surface area contributed by atoms with Crippen LogP contribution in [0.4, 0.5) is 0 Å². The fourth-order valence-corrected chi connectivity index (χ4v) is 3.78. The SMILES string of the molecule is C.C.O.O=C(O)CCCCCC/C=C/CCCCO.O=C1CCCCCC/C=C/CCCCCCCO1. The molecule has 0 amide bonds. The van der Waals surface area contributed by atoms with Crippen molar-refractivity contribution in [1.29, 1.82) is 0 Å². The van der Waals surface area contributed by atoms with E-state index in [0.717, 1.165) is 70.6 Å². The van der Waals surface area contributed by atoms with Crippen molar-refractivity contribution < 1.29 is 30.0 Å². The summed E-state index contributed by atoms with van der Waals surface area (Å²) in [5, 5.41) is 17.0. The van der Waals surface area contributed by atoms with Gasteiger partial charge in [-0.25, -0.2) is 0 Å². The Morgan fingerprint density at radius 3 is 1.86 bits per heavy atom. The Hall–Kier alpha value is -1.66. The highest BCUT2D eigenvalue weighted by Crippen LogP contribution is 2.10. The lowest BCUT2D eigenvalue weighted by atomic mass is 10.1. The molecule has 1 rings (SSSR count). The molecule has 0 saturated heterocycles. The number of carbonyl (C=O) groups excluding carboxylic acids is 1. The van der Waals surface area contributed by atoms with E-state index in [4.69, 9.17) is 14.9 Å². The molecule has 0 aliphatic carbocycles. The Morgan fingerprint density at radius 1 is 0.757 bits per heavy atom. The Labute approximate surface area is 229 Å². The van der Waals surface area contributed by atoms with E-state index in [1.807, 2.05) is 0 Å². The number of aliphatic hydroxyl groups excluding tert-OH is 1. The van der Waals surface area contributed by atoms with E-state index in [0.29, 0.717) is 19.4 Å². The van der Waals surface area contributed by atoms with Gasteiger partial charge in [0, 0.05) is 19.4 Å². The molecule has 4 N–H and O–H groups in total. The average Bonchev–Trinajstić information content (AvgIpc) is 2.82. The zero-order chi connectivity index (χ0) is 25.0. The predicted octanol–water partition coefficient (Wildman–Crippen LogP) is 8.36. The van der Waals surface area contributed by atoms with Crippen LogP contribution in [-0.2, 0) is 14.3 Å². The number of carboxylic acids is 1. The smallest absolute Gasteiger partial charge is 0.305 e. The number of rotatable bonds is 11. The summed E-state index contributed by atoms with van der Waals surface area (Å²) in [6.07, 6.45) is 31.3. The Balaban J connectivity index is -0.000000274. The quantitative estimate of drug-likeness (QED) is 0.158. The Bertz CT molecular complexity index is 516. The van der Waals surface area contributed by atoms with Gasteiger partial charge in [-0.15, -0.1) is 0 Å². The molecule has 0 unspecified atom stereocenters. The van der Waals surface area contributed by atoms with Crippen molar-refractivity contribution in [3.63, 3.8) is 0 Å². The van der Waals surface area contributed by atoms with E-state index in [1.165, 1.54) is 51.4 Å². The molecule has 0 radical (unpaired) electrons. The van der Waals surface area contributed by atoms with Crippen LogP contribution in [0.15, 0.2) is 24.3 Å². The molecule has 0 fully saturated rings. The van der Waals surface area contributed by atoms with Crippen LogP contribution in [0.25, 0.3) is 0 Å². The zero-order valence-corrected chi connectivity index (χ0v) is 22.2. The van der Waals surface area contributed by atoms with Crippen LogP contribution in [-0.4, -0.2) is 40.8 Å². The van der Waals surface area contributed by atoms with Gasteiger partial charge in [-0.05, 0) is 77.0 Å². The number of hydrogen-bond donors (Lipinski definition) is 2. The number of aliphatic hydroxyl groups is 1. The minimum atomic E-state index is -0.691. The first-order chi connectivity index (χ1) is 16.7. The normalized spacial score (nSPS) is 16.4. The minimum absolute atomic E-state index is 0. The Kier molecular flexibility index (Phi) is 41.9. The lowest BCUT2D eigenvalue weighted by Gasteiger charge is -2.04. The van der Waals surface area contributed by atoms with Crippen molar-refractivity contribution >= 4 is 11.9 Å². The van der Waals surface area contributed by atoms with Gasteiger partial charge < -0.3 is 20.4 Å². The molecule has 0 saturated carbocycles. The fraction of sp³-hybridized carbons (Fsp3) is 0.806. The maximum absolute atomic E-state index is 11.4. The summed E-state index contributed by atoms with van der Waals surface area (Å²) in [5.74, 6) is -0.692. The molecule has 0 spiro atoms. The van der Waals surface area contributed by atoms with E-state index < -0.39 is 5.97 Å². The second kappa shape index (κ2) is 36.5. The average molecular weight is 531 g/mol. The van der Waals surface area contributed by atoms with Gasteiger partial charge in [0.15, 0.2) is 0 Å². The largest absolute Gasteiger partial charge is 0.481 e. The van der Waals surface area contributed by atoms with Gasteiger partial charge in [0.1, 0.15) is 0 Å². The fourth-order valence-electron chi connectivity index (χ4n) is 3.78. The number of esters is 1. The highest BCUT2D eigenvalue weighted by Gasteiger charge is 2.02. The number of unbranched alkanes of at least 4 members (excludes halogenated alkanes) is 6. The third-order valence-corrected chi connectivity index (χ3v) is 5.90. The summed E-state index contributed by atoms with van der Waals surface area (Å²) in [6.45, 7) is 0.913. The van der Waals surface area contributed by atoms with E-state index in [-0.39, 0.29) is 32.9 Å². The molecule has 0 aromatic carbocycles. The van der Waals surface area contributed by atoms with Crippen molar-refractivity contribution in [2.75, 3.05) is 13.2 Å². The predicted molar refractivity (Wildman–Crippen MR) is 158 cm³/mol. The topological polar surface area (TPSA) is 115 Å². The third kappa shape index (κ3) is 39.0. The molecule has 6 heteroatoms. The third-order valence-electron chi connectivity index (χ3n) is 5.90. The molecule has 0 aromatic heterocycles. The van der Waals surface area contributed by atoms with Gasteiger partial charge in [-0.2, -0.15) is 0 Å². The van der Waals surface area contributed by atoms with Crippen molar-refractivity contribution in [3.05, 3.63) is 24.3 Å². The first-order valence-corrected chi connectivity index (χ1v) is 13.9. The van der Waals surface area contributed by atoms with Crippen LogP contribution < -0.4 is 0 Å². The van der Waals surface area contributed by atoms with Gasteiger partial charge in [-0.1, -0.05) is 84.1 Å². The maximum Gasteiger partial charge on any atom is 0.305 e. The lowest BCUT2D eigenvalue weighted by Crippen LogP contribution is -2.05. The van der Waals surface area contributed by atoms with Crippen molar-refractivity contribution in [2.45, 2.75) is 150 Å². The van der Waals surface area contributed by atoms with Crippen LogP contribution >= 0.6 is 0 Å². The first-order valence-electron chi connectivity index (χ1n) is 13.9. The number of ether oxygens (including phenoxy) is 1. The van der Waals surface area contributed by atoms with Crippen LogP contribution in [0, 0.1) is 0 Å². The number of carbonyl (C=O) groups is 2. The van der Waals surface area contributed by atoms with Crippen LogP contribution in [0.3, 0.4) is 0 Å². The van der Waals surface area contributed by atoms with Crippen molar-refractivity contribution in [1.82, 2.24) is 0 Å². The lowest BCUT2D eigenvalue weighted by molar-refractivity contribution is -0.144. The van der Waals surface area contributed by atoms with E-state index >= 15 is 0 Å². The van der Waals surface area contributed by atoms with Crippen LogP contribution in [0.1, 0.15) is 150 Å². The molecule has 0 atom stereocenters. The van der Waals surface area contributed by atoms with E-state index in [9.17, 15) is 9.59 Å². The highest BCUT2D eigenvalue weighted by molar-refractivity contribution is 5.69. The summed E-state index contributed by atoms with van der Waals surface area (Å²) >= 11 is 0. The summed E-state index contributed by atoms with van der Waals surface area (Å²) in [5.41, 5.74) is 0. The second-order valence-electron chi connectivity index (χ2n) is 9.24. The highest BCUT2D eigenvalue weighted by atomic mass is 16.5. The first kappa shape index (κ1) is 42.4. The molecule has 1 heterocycles. The summed E-state index contributed by atoms with van der Waals surface area (Å²) < 4.78 is 5.22. The zero-order valence-electron chi connectivity index (χ0n) is 22.2. The number of cyclic esters (lactones) is 1. The van der Waals surface area contributed by atoms with Gasteiger partial charge >= 0.3 is 11.9 Å². The Morgan fingerprint density at radius 2 is 1.27 bits per heavy atom. The monoisotopic (exact) mass is 530 g/mol. The van der Waals surface area contributed by atoms with Crippen molar-refractivity contribution in [2.24, 2.45) is 0 Å². The molecule has 0 bridgehead atoms. The van der Waals surface area contributed by atoms with E-state index in [1.54, 1.807) is 0 Å². The second-order valence-corrected chi connectivity index (χ2v) is 9.24. The number of hydrogen-bond acceptors (Lipinski definition) is 4. The van der Waals surface area contributed by atoms with Gasteiger partial charge in [0.05, 0.1) is 6.61 Å². The molecule has 222 valence electrons. The summed E-state index contributed by atoms with van der Waals surface area (Å²) in [6, 6.07) is 0. The molecule has 6 nitrogen and oxygen atoms in total. The minimum Gasteiger partial charge on any atom is -0.481 e. The molecular formula is C31H62O6. The van der Waals surface area contributed by atoms with Crippen LogP contribution in [0.5, 0.6) is 0 Å². The van der Waals surface area contributed by atoms with Crippen molar-refractivity contribution in [3.8, 4) is 0 Å². The number of carboxylic acid groups (broad SMARTS) is 1. The van der Waals surface area contributed by atoms with E-state index in [2.05, 4.69) is 24.3 Å². The number of aliphatic carboxylic acids is 1. The van der Waals surface area contributed by atoms with Gasteiger partial charge in [0.25, 0.3) is 0 Å². The summed E-state index contributed by atoms with van der Waals surface area (Å²) in [7, 11) is 0. The van der Waals surface area contributed by atoms with Gasteiger partial charge in [-0.3, -0.25) is 9.59 Å². The molecule has 1 aliphatic heterocycles. The standard InChI is InChI=1S/C16H28O2.C13H24O3.2CH4.H2O/c17-16-14-12-10-8-6-4-2-1-3-5-7-9-11-13-15-18-16;14-12-10-8-6-4-2-1-3-5-7-9-11-13(15)16;;;/h1-2H,3-15H2;2,4,14H,1,3,5-12H2,(H,15,16);2*1H4;1H2/b2-1+;4-2+;;;. The van der Waals surface area contributed by atoms with Crippen LogP contribution in [0.2, 0.25) is 0 Å². The maximum atomic E-state index is 11.4. The summed E-state index contributed by atoms with van der Waals surface area (Å²) in [4.78, 5) is 21.6. The van der Waals surface area contributed by atoms with Gasteiger partial charge in [0.2, 0.25) is 0 Å². The molecule has 1 aliphatic rings. The number of allylic oxidation sites excluding steroid dienone is 4. The molecular weight excluding hydrogens is 468 g/mol. The molecule has 37 heavy (non-hydrogen) atoms.